The van der Waals surface area contributed by atoms with Crippen LogP contribution in [0.2, 0.25) is 0 Å². The molecule has 0 unspecified atom stereocenters. The summed E-state index contributed by atoms with van der Waals surface area (Å²) in [5.41, 5.74) is 0. The number of amides is 2. The number of carboxylic acid groups (broad SMARTS) is 1. The average molecular weight is 214 g/mol. The second-order valence-corrected chi connectivity index (χ2v) is 4.09. The van der Waals surface area contributed by atoms with Crippen LogP contribution in [0.15, 0.2) is 0 Å². The van der Waals surface area contributed by atoms with Gasteiger partial charge in [-0.25, -0.2) is 4.79 Å². The van der Waals surface area contributed by atoms with Gasteiger partial charge in [0.25, 0.3) is 0 Å². The van der Waals surface area contributed by atoms with Crippen LogP contribution < -0.4 is 0 Å². The number of carbonyl (C=O) groups excluding carboxylic acids is 1. The predicted molar refractivity (Wildman–Crippen MR) is 55.7 cm³/mol. The van der Waals surface area contributed by atoms with E-state index in [0.717, 1.165) is 25.9 Å². The molecule has 15 heavy (non-hydrogen) atoms. The number of carboxylic acids is 1. The Morgan fingerprint density at radius 1 is 1.33 bits per heavy atom. The van der Waals surface area contributed by atoms with Crippen molar-refractivity contribution in [3.8, 4) is 0 Å². The molecule has 2 amide bonds. The third kappa shape index (κ3) is 3.11. The van der Waals surface area contributed by atoms with E-state index in [4.69, 9.17) is 5.11 Å². The minimum absolute atomic E-state index is 0.0748. The number of urea groups is 1. The van der Waals surface area contributed by atoms with Gasteiger partial charge in [-0.3, -0.25) is 4.79 Å². The molecule has 1 N–H and O–H groups in total. The summed E-state index contributed by atoms with van der Waals surface area (Å²) in [5, 5.41) is 8.71. The number of hydrogen-bond acceptors (Lipinski definition) is 2. The molecule has 0 aromatic rings. The molecule has 0 atom stereocenters. The molecule has 0 aliphatic carbocycles. The molecule has 1 heterocycles. The summed E-state index contributed by atoms with van der Waals surface area (Å²) in [4.78, 5) is 25.7. The van der Waals surface area contributed by atoms with Crippen LogP contribution in [0, 0.1) is 0 Å². The van der Waals surface area contributed by atoms with Gasteiger partial charge in [-0.15, -0.1) is 0 Å². The van der Waals surface area contributed by atoms with Crippen LogP contribution in [0.5, 0.6) is 0 Å². The molecule has 1 aliphatic heterocycles. The Morgan fingerprint density at radius 2 is 1.87 bits per heavy atom. The molecule has 0 aromatic carbocycles. The van der Waals surface area contributed by atoms with E-state index >= 15 is 0 Å². The summed E-state index contributed by atoms with van der Waals surface area (Å²) in [6, 6.07) is -0.223. The predicted octanol–water partition coefficient (Wildman–Crippen LogP) is 0.997. The highest BCUT2D eigenvalue weighted by Gasteiger charge is 2.26. The van der Waals surface area contributed by atoms with Crippen LogP contribution in [-0.2, 0) is 4.79 Å². The first-order valence-corrected chi connectivity index (χ1v) is 5.29. The highest BCUT2D eigenvalue weighted by Crippen LogP contribution is 2.12. The van der Waals surface area contributed by atoms with E-state index in [2.05, 4.69) is 0 Å². The van der Waals surface area contributed by atoms with Crippen molar-refractivity contribution >= 4 is 12.0 Å². The Labute approximate surface area is 89.7 Å². The fourth-order valence-corrected chi connectivity index (χ4v) is 1.71. The number of carbonyl (C=O) groups is 2. The van der Waals surface area contributed by atoms with Gasteiger partial charge >= 0.3 is 12.0 Å². The van der Waals surface area contributed by atoms with Crippen molar-refractivity contribution in [3.63, 3.8) is 0 Å². The third-order valence-electron chi connectivity index (χ3n) is 2.55. The average Bonchev–Trinajstić information content (AvgIpc) is 2.65. The molecule has 1 fully saturated rings. The first-order valence-electron chi connectivity index (χ1n) is 5.29. The fourth-order valence-electron chi connectivity index (χ4n) is 1.71. The SMILES string of the molecule is CC(C)N(CC(=O)O)C(=O)N1CCCC1. The summed E-state index contributed by atoms with van der Waals surface area (Å²) < 4.78 is 0. The van der Waals surface area contributed by atoms with Crippen LogP contribution in [0.1, 0.15) is 26.7 Å². The molecule has 0 aromatic heterocycles. The quantitative estimate of drug-likeness (QED) is 0.762. The highest BCUT2D eigenvalue weighted by molar-refractivity contribution is 5.80. The maximum absolute atomic E-state index is 11.9. The Bertz CT molecular complexity index is 247. The molecule has 86 valence electrons. The Kier molecular flexibility index (Phi) is 3.94. The molecule has 0 spiro atoms. The molecule has 5 nitrogen and oxygen atoms in total. The van der Waals surface area contributed by atoms with Crippen molar-refractivity contribution in [1.82, 2.24) is 9.80 Å². The van der Waals surface area contributed by atoms with Gasteiger partial charge in [-0.2, -0.15) is 0 Å². The zero-order valence-electron chi connectivity index (χ0n) is 9.27. The van der Waals surface area contributed by atoms with Crippen molar-refractivity contribution in [2.24, 2.45) is 0 Å². The van der Waals surface area contributed by atoms with E-state index in [-0.39, 0.29) is 18.6 Å². The topological polar surface area (TPSA) is 60.9 Å². The monoisotopic (exact) mass is 214 g/mol. The Balaban J connectivity index is 2.61. The van der Waals surface area contributed by atoms with E-state index in [0.29, 0.717) is 0 Å². The smallest absolute Gasteiger partial charge is 0.323 e. The maximum atomic E-state index is 11.9. The van der Waals surface area contributed by atoms with E-state index in [1.54, 1.807) is 4.90 Å². The van der Waals surface area contributed by atoms with E-state index in [9.17, 15) is 9.59 Å². The lowest BCUT2D eigenvalue weighted by atomic mass is 10.3. The standard InChI is InChI=1S/C10H18N2O3/c1-8(2)12(7-9(13)14)10(15)11-5-3-4-6-11/h8H,3-7H2,1-2H3,(H,13,14). The van der Waals surface area contributed by atoms with Gasteiger partial charge in [0.15, 0.2) is 0 Å². The molecule has 0 bridgehead atoms. The van der Waals surface area contributed by atoms with Crippen LogP contribution in [0.25, 0.3) is 0 Å². The number of aliphatic carboxylic acids is 1. The third-order valence-corrected chi connectivity index (χ3v) is 2.55. The van der Waals surface area contributed by atoms with Crippen LogP contribution in [0.4, 0.5) is 4.79 Å². The van der Waals surface area contributed by atoms with E-state index in [1.165, 1.54) is 4.90 Å². The Morgan fingerprint density at radius 3 is 2.27 bits per heavy atom. The second kappa shape index (κ2) is 5.00. The molecule has 0 saturated carbocycles. The van der Waals surface area contributed by atoms with Gasteiger partial charge in [-0.1, -0.05) is 0 Å². The highest BCUT2D eigenvalue weighted by atomic mass is 16.4. The summed E-state index contributed by atoms with van der Waals surface area (Å²) in [6.45, 7) is 4.95. The van der Waals surface area contributed by atoms with Crippen LogP contribution >= 0.6 is 0 Å². The minimum Gasteiger partial charge on any atom is -0.480 e. The first kappa shape index (κ1) is 11.8. The van der Waals surface area contributed by atoms with Crippen molar-refractivity contribution < 1.29 is 14.7 Å². The van der Waals surface area contributed by atoms with Gasteiger partial charge in [0.05, 0.1) is 0 Å². The van der Waals surface area contributed by atoms with Gasteiger partial charge in [0.1, 0.15) is 6.54 Å². The zero-order valence-corrected chi connectivity index (χ0v) is 9.27. The number of rotatable bonds is 3. The molecular formula is C10H18N2O3. The van der Waals surface area contributed by atoms with Gasteiger partial charge < -0.3 is 14.9 Å². The zero-order chi connectivity index (χ0) is 11.4. The van der Waals surface area contributed by atoms with Crippen molar-refractivity contribution in [2.75, 3.05) is 19.6 Å². The molecule has 1 rings (SSSR count). The normalized spacial score (nSPS) is 15.8. The molecule has 1 saturated heterocycles. The van der Waals surface area contributed by atoms with Crippen molar-refractivity contribution in [3.05, 3.63) is 0 Å². The van der Waals surface area contributed by atoms with Gasteiger partial charge in [-0.05, 0) is 26.7 Å². The van der Waals surface area contributed by atoms with Gasteiger partial charge in [0.2, 0.25) is 0 Å². The summed E-state index contributed by atoms with van der Waals surface area (Å²) in [5.74, 6) is -0.962. The molecular weight excluding hydrogens is 196 g/mol. The largest absolute Gasteiger partial charge is 0.480 e. The summed E-state index contributed by atoms with van der Waals surface area (Å²) in [6.07, 6.45) is 2.04. The number of likely N-dealkylation sites (tertiary alicyclic amines) is 1. The van der Waals surface area contributed by atoms with E-state index < -0.39 is 5.97 Å². The lowest BCUT2D eigenvalue weighted by Crippen LogP contribution is -2.47. The van der Waals surface area contributed by atoms with Crippen LogP contribution in [-0.4, -0.2) is 52.6 Å². The first-order chi connectivity index (χ1) is 7.02. The minimum atomic E-state index is -0.962. The number of hydrogen-bond donors (Lipinski definition) is 1. The lowest BCUT2D eigenvalue weighted by Gasteiger charge is -2.29. The van der Waals surface area contributed by atoms with Crippen LogP contribution in [0.3, 0.4) is 0 Å². The second-order valence-electron chi connectivity index (χ2n) is 4.09. The molecule has 0 radical (unpaired) electrons. The van der Waals surface area contributed by atoms with E-state index in [1.807, 2.05) is 13.8 Å². The summed E-state index contributed by atoms with van der Waals surface area (Å²) in [7, 11) is 0. The summed E-state index contributed by atoms with van der Waals surface area (Å²) >= 11 is 0. The fraction of sp³-hybridized carbons (Fsp3) is 0.800. The molecule has 5 heteroatoms. The maximum Gasteiger partial charge on any atom is 0.323 e. The molecule has 1 aliphatic rings. The van der Waals surface area contributed by atoms with Gasteiger partial charge in [0, 0.05) is 19.1 Å². The Hall–Kier alpha value is -1.26. The van der Waals surface area contributed by atoms with Crippen molar-refractivity contribution in [1.29, 1.82) is 0 Å². The number of nitrogens with zero attached hydrogens (tertiary/aromatic N) is 2. The van der Waals surface area contributed by atoms with Crippen molar-refractivity contribution in [2.45, 2.75) is 32.7 Å². The lowest BCUT2D eigenvalue weighted by molar-refractivity contribution is -0.138.